The predicted molar refractivity (Wildman–Crippen MR) is 95.7 cm³/mol. The molecule has 0 radical (unpaired) electrons. The zero-order valence-corrected chi connectivity index (χ0v) is 14.7. The second-order valence-electron chi connectivity index (χ2n) is 5.68. The molecule has 0 aliphatic carbocycles. The van der Waals surface area contributed by atoms with Crippen LogP contribution in [0.5, 0.6) is 5.88 Å². The summed E-state index contributed by atoms with van der Waals surface area (Å²) in [4.78, 5) is 38.8. The number of hydrogen-bond acceptors (Lipinski definition) is 5. The van der Waals surface area contributed by atoms with Crippen LogP contribution in [0.25, 0.3) is 5.69 Å². The van der Waals surface area contributed by atoms with Crippen LogP contribution in [0.1, 0.15) is 27.6 Å². The number of hydrogen-bond donors (Lipinski definition) is 2. The highest BCUT2D eigenvalue weighted by Gasteiger charge is 2.36. The predicted octanol–water partition coefficient (Wildman–Crippen LogP) is 2.25. The molecule has 2 heterocycles. The number of esters is 1. The zero-order chi connectivity index (χ0) is 18.4. The summed E-state index contributed by atoms with van der Waals surface area (Å²) >= 11 is 3.29. The molecular weight excluding hydrogens is 404 g/mol. The van der Waals surface area contributed by atoms with Crippen molar-refractivity contribution < 1.29 is 14.6 Å². The third-order valence-electron chi connectivity index (χ3n) is 4.16. The highest BCUT2D eigenvalue weighted by molar-refractivity contribution is 9.10. The number of nitrogens with zero attached hydrogens (tertiary/aromatic N) is 1. The Kier molecular flexibility index (Phi) is 3.77. The fourth-order valence-electron chi connectivity index (χ4n) is 2.96. The van der Waals surface area contributed by atoms with Crippen molar-refractivity contribution in [3.8, 4) is 11.6 Å². The van der Waals surface area contributed by atoms with Crippen molar-refractivity contribution in [2.75, 3.05) is 0 Å². The molecule has 2 N–H and O–H groups in total. The van der Waals surface area contributed by atoms with E-state index in [0.29, 0.717) is 16.8 Å². The lowest BCUT2D eigenvalue weighted by Gasteiger charge is -2.15. The van der Waals surface area contributed by atoms with Crippen molar-refractivity contribution in [2.24, 2.45) is 0 Å². The van der Waals surface area contributed by atoms with E-state index in [-0.39, 0.29) is 5.56 Å². The third kappa shape index (κ3) is 2.46. The summed E-state index contributed by atoms with van der Waals surface area (Å²) in [5.41, 5.74) is -0.680. The van der Waals surface area contributed by atoms with E-state index >= 15 is 0 Å². The molecule has 7 nitrogen and oxygen atoms in total. The molecule has 1 unspecified atom stereocenters. The molecule has 130 valence electrons. The molecule has 8 heteroatoms. The summed E-state index contributed by atoms with van der Waals surface area (Å²) in [6.07, 6.45) is -1.09. The normalized spacial score (nSPS) is 15.6. The molecule has 0 saturated heterocycles. The summed E-state index contributed by atoms with van der Waals surface area (Å²) < 4.78 is 7.03. The highest BCUT2D eigenvalue weighted by atomic mass is 79.9. The van der Waals surface area contributed by atoms with Crippen LogP contribution in [0.4, 0.5) is 0 Å². The van der Waals surface area contributed by atoms with E-state index in [2.05, 4.69) is 20.9 Å². The van der Waals surface area contributed by atoms with Crippen molar-refractivity contribution in [2.45, 2.75) is 6.10 Å². The number of nitrogens with one attached hydrogen (secondary N) is 1. The average Bonchev–Trinajstić information content (AvgIpc) is 2.93. The number of H-pyrrole nitrogens is 1. The maximum absolute atomic E-state index is 12.4. The van der Waals surface area contributed by atoms with Gasteiger partial charge in [0.05, 0.1) is 11.3 Å². The second-order valence-corrected chi connectivity index (χ2v) is 6.60. The van der Waals surface area contributed by atoms with Gasteiger partial charge in [-0.2, -0.15) is 0 Å². The summed E-state index contributed by atoms with van der Waals surface area (Å²) in [5, 5.41) is 10.7. The molecule has 0 spiro atoms. The number of fused-ring (bicyclic) bond motifs is 1. The number of aromatic hydroxyl groups is 1. The molecule has 2 aromatic carbocycles. The number of benzene rings is 2. The lowest BCUT2D eigenvalue weighted by molar-refractivity contribution is 0.0449. The molecule has 3 aromatic rings. The Hall–Kier alpha value is -3.13. The maximum atomic E-state index is 12.4. The SMILES string of the molecule is O=C1OC(c2c(O)n(-c3ccc(Br)cc3)c(=O)[nH]c2=O)c2ccccc21. The van der Waals surface area contributed by atoms with Crippen molar-refractivity contribution in [1.29, 1.82) is 0 Å². The van der Waals surface area contributed by atoms with Crippen molar-refractivity contribution in [1.82, 2.24) is 9.55 Å². The molecule has 0 fully saturated rings. The van der Waals surface area contributed by atoms with Gasteiger partial charge < -0.3 is 9.84 Å². The van der Waals surface area contributed by atoms with Gasteiger partial charge in [-0.25, -0.2) is 14.2 Å². The van der Waals surface area contributed by atoms with E-state index in [9.17, 15) is 19.5 Å². The van der Waals surface area contributed by atoms with Gasteiger partial charge in [0, 0.05) is 10.0 Å². The topological polar surface area (TPSA) is 101 Å². The van der Waals surface area contributed by atoms with E-state index in [4.69, 9.17) is 4.74 Å². The van der Waals surface area contributed by atoms with Crippen molar-refractivity contribution >= 4 is 21.9 Å². The molecule has 1 aliphatic rings. The lowest BCUT2D eigenvalue weighted by atomic mass is 10.0. The van der Waals surface area contributed by atoms with E-state index in [1.54, 1.807) is 48.5 Å². The standard InChI is InChI=1S/C18H11BrN2O5/c19-9-5-7-10(8-6-9)21-16(23)13(15(22)20-18(21)25)14-11-3-1-2-4-12(11)17(24)26-14/h1-8,14,23H,(H,20,22,25). The number of carbonyl (C=O) groups is 1. The monoisotopic (exact) mass is 414 g/mol. The van der Waals surface area contributed by atoms with Gasteiger partial charge in [0.1, 0.15) is 5.56 Å². The number of aromatic nitrogens is 2. The Labute approximate surface area is 154 Å². The van der Waals surface area contributed by atoms with Crippen LogP contribution < -0.4 is 11.2 Å². The van der Waals surface area contributed by atoms with Gasteiger partial charge in [0.15, 0.2) is 6.10 Å². The Morgan fingerprint density at radius 3 is 2.46 bits per heavy atom. The molecule has 0 saturated carbocycles. The first-order chi connectivity index (χ1) is 12.5. The minimum Gasteiger partial charge on any atom is -0.494 e. The molecule has 1 aliphatic heterocycles. The van der Waals surface area contributed by atoms with Gasteiger partial charge in [-0.05, 0) is 30.3 Å². The van der Waals surface area contributed by atoms with E-state index in [0.717, 1.165) is 9.04 Å². The first kappa shape index (κ1) is 16.3. The number of ether oxygens (including phenoxy) is 1. The summed E-state index contributed by atoms with van der Waals surface area (Å²) in [5.74, 6) is -1.17. The fraction of sp³-hybridized carbons (Fsp3) is 0.0556. The first-order valence-electron chi connectivity index (χ1n) is 7.61. The zero-order valence-electron chi connectivity index (χ0n) is 13.1. The Morgan fingerprint density at radius 2 is 1.73 bits per heavy atom. The minimum absolute atomic E-state index is 0.203. The minimum atomic E-state index is -1.09. The van der Waals surface area contributed by atoms with E-state index < -0.39 is 29.2 Å². The molecule has 26 heavy (non-hydrogen) atoms. The van der Waals surface area contributed by atoms with Gasteiger partial charge in [0.2, 0.25) is 5.88 Å². The average molecular weight is 415 g/mol. The molecule has 0 bridgehead atoms. The number of aromatic amines is 1. The second kappa shape index (κ2) is 5.99. The molecular formula is C18H11BrN2O5. The van der Waals surface area contributed by atoms with Crippen molar-refractivity contribution in [3.05, 3.63) is 90.5 Å². The van der Waals surface area contributed by atoms with Crippen LogP contribution in [0.15, 0.2) is 62.6 Å². The van der Waals surface area contributed by atoms with Crippen LogP contribution in [-0.2, 0) is 4.74 Å². The van der Waals surface area contributed by atoms with Gasteiger partial charge in [-0.15, -0.1) is 0 Å². The summed E-state index contributed by atoms with van der Waals surface area (Å²) in [6, 6.07) is 13.2. The highest BCUT2D eigenvalue weighted by Crippen LogP contribution is 2.37. The molecule has 1 aromatic heterocycles. The van der Waals surface area contributed by atoms with Gasteiger partial charge in [-0.3, -0.25) is 9.78 Å². The van der Waals surface area contributed by atoms with Crippen molar-refractivity contribution in [3.63, 3.8) is 0 Å². The van der Waals surface area contributed by atoms with Crippen LogP contribution in [-0.4, -0.2) is 20.6 Å². The summed E-state index contributed by atoms with van der Waals surface area (Å²) in [6.45, 7) is 0. The summed E-state index contributed by atoms with van der Waals surface area (Å²) in [7, 11) is 0. The van der Waals surface area contributed by atoms with Gasteiger partial charge in [0.25, 0.3) is 5.56 Å². The van der Waals surface area contributed by atoms with Gasteiger partial charge >= 0.3 is 11.7 Å². The number of halogens is 1. The molecule has 4 rings (SSSR count). The van der Waals surface area contributed by atoms with E-state index in [1.807, 2.05) is 0 Å². The number of carbonyl (C=O) groups excluding carboxylic acids is 1. The molecule has 0 amide bonds. The smallest absolute Gasteiger partial charge is 0.339 e. The van der Waals surface area contributed by atoms with Crippen LogP contribution in [0.2, 0.25) is 0 Å². The largest absolute Gasteiger partial charge is 0.494 e. The molecule has 1 atom stereocenters. The number of rotatable bonds is 2. The van der Waals surface area contributed by atoms with E-state index in [1.165, 1.54) is 0 Å². The Morgan fingerprint density at radius 1 is 1.04 bits per heavy atom. The Bertz CT molecular complexity index is 1150. The quantitative estimate of drug-likeness (QED) is 0.626. The van der Waals surface area contributed by atoms with Gasteiger partial charge in [-0.1, -0.05) is 34.1 Å². The van der Waals surface area contributed by atoms with Crippen LogP contribution in [0.3, 0.4) is 0 Å². The van der Waals surface area contributed by atoms with Crippen LogP contribution >= 0.6 is 15.9 Å². The lowest BCUT2D eigenvalue weighted by Crippen LogP contribution is -2.32. The third-order valence-corrected chi connectivity index (χ3v) is 4.68. The first-order valence-corrected chi connectivity index (χ1v) is 8.40. The Balaban J connectivity index is 1.96. The maximum Gasteiger partial charge on any atom is 0.339 e. The van der Waals surface area contributed by atoms with Crippen LogP contribution in [0, 0.1) is 0 Å². The number of cyclic esters (lactones) is 1. The fourth-order valence-corrected chi connectivity index (χ4v) is 3.23.